The van der Waals surface area contributed by atoms with Gasteiger partial charge in [-0.05, 0) is 74.5 Å². The van der Waals surface area contributed by atoms with E-state index in [1.807, 2.05) is 71.4 Å². The number of ketones is 2. The molecule has 16 nitrogen and oxygen atoms in total. The van der Waals surface area contributed by atoms with Crippen molar-refractivity contribution in [1.29, 1.82) is 0 Å². The van der Waals surface area contributed by atoms with E-state index in [-0.39, 0.29) is 45.2 Å². The average molecular weight is 821 g/mol. The molecule has 314 valence electrons. The summed E-state index contributed by atoms with van der Waals surface area (Å²) < 4.78 is 26.5. The number of anilines is 4. The number of carbonyl (C=O) groups excluding carboxylic acids is 2. The van der Waals surface area contributed by atoms with Gasteiger partial charge in [0.1, 0.15) is 11.6 Å². The molecule has 16 heteroatoms. The van der Waals surface area contributed by atoms with Gasteiger partial charge in [-0.1, -0.05) is 12.1 Å². The third-order valence-corrected chi connectivity index (χ3v) is 9.91. The van der Waals surface area contributed by atoms with E-state index in [0.29, 0.717) is 88.1 Å². The number of nitrogens with two attached hydrogens (primary N) is 2. The summed E-state index contributed by atoms with van der Waals surface area (Å²) in [7, 11) is 0. The normalized spacial score (nSPS) is 11.3. The van der Waals surface area contributed by atoms with E-state index >= 15 is 0 Å². The molecule has 6 rings (SSSR count). The minimum absolute atomic E-state index is 0.0905. The fourth-order valence-corrected chi connectivity index (χ4v) is 6.97. The number of aromatic nitrogens is 2. The maximum Gasteiger partial charge on any atom is 0.337 e. The maximum absolute atomic E-state index is 13.6. The quantitative estimate of drug-likeness (QED) is 0.0269. The Morgan fingerprint density at radius 2 is 0.917 bits per heavy atom. The molecule has 60 heavy (non-hydrogen) atoms. The Labute approximate surface area is 345 Å². The van der Waals surface area contributed by atoms with Crippen molar-refractivity contribution >= 4 is 57.5 Å². The fraction of sp³-hybridized carbons (Fsp3) is 0.273. The van der Waals surface area contributed by atoms with Gasteiger partial charge >= 0.3 is 11.9 Å². The van der Waals surface area contributed by atoms with Crippen LogP contribution in [0.3, 0.4) is 0 Å². The number of ether oxygens (including phenoxy) is 4. The topological polar surface area (TPSA) is 231 Å². The lowest BCUT2D eigenvalue weighted by molar-refractivity contribution is 0.000289. The standard InChI is InChI=1S/C44H48N6O10/c1-27-37(39(51)29-9-11-33(45)31(25-29)43(53)54)35-7-3-5-15-49(35)41(27)47-13-17-57-19-21-59-23-24-60-22-20-58-18-14-48-42-28(2)38(36-8-4-6-16-50(36)42)40(52)30-10-12-34(46)32(26-30)44(55)56/h3-12,15-16,25-26,47-48H,13-14,17-24,45-46H2,1-2H3,(H,53,54)(H,55,56). The molecule has 0 unspecified atom stereocenters. The highest BCUT2D eigenvalue weighted by Gasteiger charge is 2.24. The monoisotopic (exact) mass is 820 g/mol. The number of rotatable bonds is 23. The summed E-state index contributed by atoms with van der Waals surface area (Å²) in [6, 6.07) is 19.6. The van der Waals surface area contributed by atoms with Gasteiger partial charge in [0.2, 0.25) is 0 Å². The van der Waals surface area contributed by atoms with Gasteiger partial charge in [0.05, 0.1) is 86.1 Å². The van der Waals surface area contributed by atoms with Crippen LogP contribution in [0.4, 0.5) is 23.0 Å². The first-order valence-electron chi connectivity index (χ1n) is 19.3. The van der Waals surface area contributed by atoms with Crippen LogP contribution in [-0.4, -0.2) is 108 Å². The van der Waals surface area contributed by atoms with E-state index in [1.165, 1.54) is 36.4 Å². The van der Waals surface area contributed by atoms with Gasteiger partial charge in [-0.15, -0.1) is 0 Å². The Kier molecular flexibility index (Phi) is 14.2. The smallest absolute Gasteiger partial charge is 0.337 e. The van der Waals surface area contributed by atoms with Crippen molar-refractivity contribution in [2.75, 3.05) is 88.0 Å². The zero-order valence-electron chi connectivity index (χ0n) is 33.4. The third-order valence-electron chi connectivity index (χ3n) is 9.91. The zero-order chi connectivity index (χ0) is 42.8. The second-order valence-corrected chi connectivity index (χ2v) is 13.8. The maximum atomic E-state index is 13.6. The first-order chi connectivity index (χ1) is 29.0. The Bertz CT molecular complexity index is 2350. The number of hydrogen-bond acceptors (Lipinski definition) is 12. The van der Waals surface area contributed by atoms with Crippen molar-refractivity contribution in [2.45, 2.75) is 13.8 Å². The van der Waals surface area contributed by atoms with Gasteiger partial charge in [0.25, 0.3) is 0 Å². The predicted molar refractivity (Wildman–Crippen MR) is 227 cm³/mol. The van der Waals surface area contributed by atoms with Gasteiger partial charge in [-0.2, -0.15) is 0 Å². The van der Waals surface area contributed by atoms with Crippen molar-refractivity contribution in [2.24, 2.45) is 0 Å². The first-order valence-corrected chi connectivity index (χ1v) is 19.3. The number of carboxylic acid groups (broad SMARTS) is 2. The molecule has 0 spiro atoms. The molecule has 4 heterocycles. The van der Waals surface area contributed by atoms with Gasteiger partial charge in [0, 0.05) is 59.1 Å². The van der Waals surface area contributed by atoms with E-state index < -0.39 is 11.9 Å². The number of aromatic carboxylic acids is 2. The highest BCUT2D eigenvalue weighted by Crippen LogP contribution is 2.32. The van der Waals surface area contributed by atoms with Crippen LogP contribution in [0.2, 0.25) is 0 Å². The number of carbonyl (C=O) groups is 4. The molecule has 6 aromatic rings. The Balaban J connectivity index is 0.855. The summed E-state index contributed by atoms with van der Waals surface area (Å²) in [5, 5.41) is 25.7. The second kappa shape index (κ2) is 19.8. The first kappa shape index (κ1) is 42.9. The molecule has 0 aliphatic heterocycles. The van der Waals surface area contributed by atoms with E-state index in [2.05, 4.69) is 10.6 Å². The summed E-state index contributed by atoms with van der Waals surface area (Å²) in [6.07, 6.45) is 3.71. The van der Waals surface area contributed by atoms with E-state index in [1.54, 1.807) is 0 Å². The summed E-state index contributed by atoms with van der Waals surface area (Å²) in [5.41, 5.74) is 15.8. The van der Waals surface area contributed by atoms with Crippen molar-refractivity contribution in [3.05, 3.63) is 130 Å². The lowest BCUT2D eigenvalue weighted by Crippen LogP contribution is -2.16. The van der Waals surface area contributed by atoms with Crippen LogP contribution in [0.1, 0.15) is 63.7 Å². The van der Waals surface area contributed by atoms with Gasteiger partial charge in [-0.3, -0.25) is 9.59 Å². The van der Waals surface area contributed by atoms with Crippen molar-refractivity contribution < 1.29 is 48.3 Å². The molecule has 0 aliphatic carbocycles. The van der Waals surface area contributed by atoms with Gasteiger partial charge in [0.15, 0.2) is 11.6 Å². The highest BCUT2D eigenvalue weighted by molar-refractivity contribution is 6.17. The number of nitrogens with zero attached hydrogens (tertiary/aromatic N) is 2. The molecule has 0 bridgehead atoms. The Morgan fingerprint density at radius 3 is 1.28 bits per heavy atom. The minimum Gasteiger partial charge on any atom is -0.478 e. The molecule has 8 N–H and O–H groups in total. The van der Waals surface area contributed by atoms with Gasteiger partial charge < -0.3 is 60.1 Å². The summed E-state index contributed by atoms with van der Waals surface area (Å²) in [4.78, 5) is 50.4. The number of benzene rings is 2. The molecular formula is C44H48N6O10. The molecule has 0 saturated carbocycles. The van der Waals surface area contributed by atoms with Crippen LogP contribution in [0.15, 0.2) is 85.2 Å². The molecular weight excluding hydrogens is 773 g/mol. The largest absolute Gasteiger partial charge is 0.478 e. The predicted octanol–water partition coefficient (Wildman–Crippen LogP) is 5.42. The molecule has 0 fully saturated rings. The van der Waals surface area contributed by atoms with Gasteiger partial charge in [-0.25, -0.2) is 9.59 Å². The number of nitrogens with one attached hydrogen (secondary N) is 2. The minimum atomic E-state index is -1.20. The number of fused-ring (bicyclic) bond motifs is 2. The van der Waals surface area contributed by atoms with Crippen molar-refractivity contribution in [3.63, 3.8) is 0 Å². The molecule has 0 amide bonds. The second-order valence-electron chi connectivity index (χ2n) is 13.8. The SMILES string of the molecule is Cc1c(C(=O)c2ccc(N)c(C(=O)O)c2)c2ccccn2c1NCCOCCOCCOCCOCCNc1c(C)c(C(=O)c2ccc(N)c(C(=O)O)c2)c2ccccn12. The Hall–Kier alpha value is -6.72. The summed E-state index contributed by atoms with van der Waals surface area (Å²) >= 11 is 0. The summed E-state index contributed by atoms with van der Waals surface area (Å²) in [5.74, 6) is -1.52. The summed E-state index contributed by atoms with van der Waals surface area (Å²) in [6.45, 7) is 7.78. The highest BCUT2D eigenvalue weighted by atomic mass is 16.6. The van der Waals surface area contributed by atoms with E-state index in [0.717, 1.165) is 22.8 Å². The van der Waals surface area contributed by atoms with Crippen molar-refractivity contribution in [1.82, 2.24) is 8.80 Å². The van der Waals surface area contributed by atoms with E-state index in [9.17, 15) is 29.4 Å². The number of nitrogen functional groups attached to an aromatic ring is 2. The third kappa shape index (κ3) is 9.59. The molecule has 0 aliphatic rings. The van der Waals surface area contributed by atoms with Crippen LogP contribution in [-0.2, 0) is 18.9 Å². The number of hydrogen-bond donors (Lipinski definition) is 6. The van der Waals surface area contributed by atoms with Crippen LogP contribution in [0.5, 0.6) is 0 Å². The van der Waals surface area contributed by atoms with Crippen molar-refractivity contribution in [3.8, 4) is 0 Å². The van der Waals surface area contributed by atoms with Crippen LogP contribution in [0, 0.1) is 13.8 Å². The molecule has 2 aromatic carbocycles. The van der Waals surface area contributed by atoms with Crippen LogP contribution in [0.25, 0.3) is 11.0 Å². The molecule has 0 saturated heterocycles. The number of pyridine rings is 2. The van der Waals surface area contributed by atoms with Crippen LogP contribution < -0.4 is 22.1 Å². The van der Waals surface area contributed by atoms with Crippen LogP contribution >= 0.6 is 0 Å². The molecule has 0 atom stereocenters. The fourth-order valence-electron chi connectivity index (χ4n) is 6.97. The average Bonchev–Trinajstić information content (AvgIpc) is 3.68. The lowest BCUT2D eigenvalue weighted by Gasteiger charge is -2.10. The molecule has 0 radical (unpaired) electrons. The number of carboxylic acids is 2. The lowest BCUT2D eigenvalue weighted by atomic mass is 9.98. The Morgan fingerprint density at radius 1 is 0.550 bits per heavy atom. The van der Waals surface area contributed by atoms with E-state index in [4.69, 9.17) is 30.4 Å². The zero-order valence-corrected chi connectivity index (χ0v) is 33.4. The molecule has 4 aromatic heterocycles.